The van der Waals surface area contributed by atoms with Crippen molar-refractivity contribution in [3.8, 4) is 56.1 Å². The summed E-state index contributed by atoms with van der Waals surface area (Å²) in [5.41, 5.74) is 16.4. The molecule has 7 aromatic carbocycles. The Morgan fingerprint density at radius 3 is 1.71 bits per heavy atom. The number of pyridine rings is 2. The molecule has 11 aromatic rings. The molecule has 0 amide bonds. The minimum absolute atomic E-state index is 0.945. The van der Waals surface area contributed by atoms with Gasteiger partial charge in [0.1, 0.15) is 0 Å². The lowest BCUT2D eigenvalue weighted by Gasteiger charge is -2.13. The Kier molecular flexibility index (Phi) is 7.46. The Labute approximate surface area is 324 Å². The quantitative estimate of drug-likeness (QED) is 0.172. The van der Waals surface area contributed by atoms with E-state index in [2.05, 4.69) is 191 Å². The van der Waals surface area contributed by atoms with Crippen LogP contribution in [0.3, 0.4) is 0 Å². The molecule has 0 fully saturated rings. The number of hydrogen-bond donors (Lipinski definition) is 0. The standard InChI is InChI=1S/C52H34N4/c1-4-15-35(16-5-1)45-32-39(33-46(54-45)36-17-6-2-7-18-36)37-19-12-22-41(31-37)56-49-27-14-30-53-52(49)44-29-28-38(34-50(44)56)42-24-13-26-48-51(42)43-23-10-11-25-47(43)55(48)40-20-8-3-9-21-40/h1-34H. The molecule has 0 spiro atoms. The van der Waals surface area contributed by atoms with Crippen LogP contribution in [0.2, 0.25) is 0 Å². The van der Waals surface area contributed by atoms with Gasteiger partial charge in [-0.05, 0) is 95.1 Å². The van der Waals surface area contributed by atoms with Gasteiger partial charge in [-0.1, -0.05) is 127 Å². The van der Waals surface area contributed by atoms with Crippen LogP contribution in [0.5, 0.6) is 0 Å². The summed E-state index contributed by atoms with van der Waals surface area (Å²) in [4.78, 5) is 10.1. The molecule has 262 valence electrons. The smallest absolute Gasteiger partial charge is 0.0963 e. The lowest BCUT2D eigenvalue weighted by atomic mass is 9.98. The lowest BCUT2D eigenvalue weighted by Crippen LogP contribution is -1.96. The van der Waals surface area contributed by atoms with Crippen LogP contribution >= 0.6 is 0 Å². The first-order valence-electron chi connectivity index (χ1n) is 19.0. The molecule has 4 heterocycles. The van der Waals surface area contributed by atoms with Gasteiger partial charge in [0.25, 0.3) is 0 Å². The number of rotatable bonds is 6. The second kappa shape index (κ2) is 13.1. The fourth-order valence-electron chi connectivity index (χ4n) is 8.43. The van der Waals surface area contributed by atoms with Gasteiger partial charge in [0.15, 0.2) is 0 Å². The monoisotopic (exact) mass is 714 g/mol. The molecule has 11 rings (SSSR count). The van der Waals surface area contributed by atoms with Crippen LogP contribution in [-0.2, 0) is 0 Å². The Morgan fingerprint density at radius 2 is 0.946 bits per heavy atom. The Balaban J connectivity index is 1.11. The Bertz CT molecular complexity index is 3170. The predicted octanol–water partition coefficient (Wildman–Crippen LogP) is 13.3. The summed E-state index contributed by atoms with van der Waals surface area (Å²) in [6, 6.07) is 71.3. The van der Waals surface area contributed by atoms with E-state index in [9.17, 15) is 0 Å². The van der Waals surface area contributed by atoms with Gasteiger partial charge in [0, 0.05) is 44.9 Å². The van der Waals surface area contributed by atoms with E-state index in [4.69, 9.17) is 9.97 Å². The van der Waals surface area contributed by atoms with E-state index >= 15 is 0 Å². The average molecular weight is 715 g/mol. The Morgan fingerprint density at radius 1 is 0.339 bits per heavy atom. The minimum atomic E-state index is 0.945. The highest BCUT2D eigenvalue weighted by Crippen LogP contribution is 2.41. The van der Waals surface area contributed by atoms with Crippen LogP contribution < -0.4 is 0 Å². The van der Waals surface area contributed by atoms with Gasteiger partial charge in [-0.3, -0.25) is 4.98 Å². The number of nitrogens with zero attached hydrogens (tertiary/aromatic N) is 4. The molecule has 0 bridgehead atoms. The topological polar surface area (TPSA) is 35.6 Å². The second-order valence-corrected chi connectivity index (χ2v) is 14.2. The van der Waals surface area contributed by atoms with E-state index in [0.29, 0.717) is 0 Å². The summed E-state index contributed by atoms with van der Waals surface area (Å²) >= 11 is 0. The summed E-state index contributed by atoms with van der Waals surface area (Å²) in [7, 11) is 0. The van der Waals surface area contributed by atoms with Crippen molar-refractivity contribution in [2.24, 2.45) is 0 Å². The van der Waals surface area contributed by atoms with Gasteiger partial charge < -0.3 is 9.13 Å². The van der Waals surface area contributed by atoms with Gasteiger partial charge >= 0.3 is 0 Å². The molecule has 0 saturated heterocycles. The molecule has 0 aliphatic carbocycles. The summed E-state index contributed by atoms with van der Waals surface area (Å²) in [5.74, 6) is 0. The van der Waals surface area contributed by atoms with Crippen molar-refractivity contribution in [1.82, 2.24) is 19.1 Å². The molecule has 0 aliphatic heterocycles. The molecule has 56 heavy (non-hydrogen) atoms. The summed E-state index contributed by atoms with van der Waals surface area (Å²) in [6.07, 6.45) is 1.89. The fourth-order valence-corrected chi connectivity index (χ4v) is 8.43. The van der Waals surface area contributed by atoms with Gasteiger partial charge in [-0.25, -0.2) is 4.98 Å². The maximum atomic E-state index is 5.14. The van der Waals surface area contributed by atoms with E-state index < -0.39 is 0 Å². The van der Waals surface area contributed by atoms with Crippen LogP contribution in [0.4, 0.5) is 0 Å². The SMILES string of the molecule is c1ccc(-c2cc(-c3cccc(-n4c5cc(-c6cccc7c6c6ccccc6n7-c6ccccc6)ccc5c5ncccc54)c3)cc(-c3ccccc3)n2)cc1. The van der Waals surface area contributed by atoms with Crippen molar-refractivity contribution in [1.29, 1.82) is 0 Å². The maximum absolute atomic E-state index is 5.14. The maximum Gasteiger partial charge on any atom is 0.0963 e. The van der Waals surface area contributed by atoms with Crippen molar-refractivity contribution < 1.29 is 0 Å². The first kappa shape index (κ1) is 31.9. The zero-order valence-corrected chi connectivity index (χ0v) is 30.4. The highest BCUT2D eigenvalue weighted by molar-refractivity contribution is 6.17. The number of fused-ring (bicyclic) bond motifs is 6. The van der Waals surface area contributed by atoms with Gasteiger partial charge in [-0.2, -0.15) is 0 Å². The lowest BCUT2D eigenvalue weighted by molar-refractivity contribution is 1.17. The van der Waals surface area contributed by atoms with Gasteiger partial charge in [0.05, 0.1) is 39.0 Å². The van der Waals surface area contributed by atoms with Crippen molar-refractivity contribution >= 4 is 43.7 Å². The van der Waals surface area contributed by atoms with Crippen molar-refractivity contribution in [3.05, 3.63) is 206 Å². The molecule has 4 aromatic heterocycles. The second-order valence-electron chi connectivity index (χ2n) is 14.2. The van der Waals surface area contributed by atoms with Crippen molar-refractivity contribution in [2.45, 2.75) is 0 Å². The third-order valence-electron chi connectivity index (χ3n) is 10.9. The van der Waals surface area contributed by atoms with Crippen LogP contribution in [0.15, 0.2) is 206 Å². The normalized spacial score (nSPS) is 11.6. The van der Waals surface area contributed by atoms with E-state index in [1.807, 2.05) is 24.4 Å². The van der Waals surface area contributed by atoms with E-state index in [1.165, 1.54) is 27.4 Å². The van der Waals surface area contributed by atoms with Crippen LogP contribution in [0.25, 0.3) is 99.9 Å². The molecule has 0 N–H and O–H groups in total. The summed E-state index contributed by atoms with van der Waals surface area (Å²) in [5, 5.41) is 3.60. The Hall–Kier alpha value is -7.56. The highest BCUT2D eigenvalue weighted by Gasteiger charge is 2.19. The van der Waals surface area contributed by atoms with E-state index in [1.54, 1.807) is 0 Å². The van der Waals surface area contributed by atoms with Crippen LogP contribution in [0, 0.1) is 0 Å². The van der Waals surface area contributed by atoms with Crippen molar-refractivity contribution in [3.63, 3.8) is 0 Å². The molecule has 0 radical (unpaired) electrons. The molecule has 0 aliphatic rings. The molecule has 0 unspecified atom stereocenters. The zero-order chi connectivity index (χ0) is 37.0. The molecular formula is C52H34N4. The largest absolute Gasteiger partial charge is 0.309 e. The third-order valence-corrected chi connectivity index (χ3v) is 10.9. The number of hydrogen-bond acceptors (Lipinski definition) is 2. The van der Waals surface area contributed by atoms with E-state index in [0.717, 1.165) is 72.5 Å². The predicted molar refractivity (Wildman–Crippen MR) is 232 cm³/mol. The first-order valence-corrected chi connectivity index (χ1v) is 19.0. The zero-order valence-electron chi connectivity index (χ0n) is 30.4. The molecular weight excluding hydrogens is 681 g/mol. The molecule has 0 saturated carbocycles. The molecule has 4 heteroatoms. The molecule has 0 atom stereocenters. The van der Waals surface area contributed by atoms with Crippen LogP contribution in [0.1, 0.15) is 0 Å². The van der Waals surface area contributed by atoms with Gasteiger partial charge in [-0.15, -0.1) is 0 Å². The van der Waals surface area contributed by atoms with Crippen molar-refractivity contribution in [2.75, 3.05) is 0 Å². The number of aromatic nitrogens is 4. The summed E-state index contributed by atoms with van der Waals surface area (Å²) in [6.45, 7) is 0. The first-order chi connectivity index (χ1) is 27.8. The number of para-hydroxylation sites is 2. The average Bonchev–Trinajstić information content (AvgIpc) is 3.80. The minimum Gasteiger partial charge on any atom is -0.309 e. The summed E-state index contributed by atoms with van der Waals surface area (Å²) < 4.78 is 4.75. The fraction of sp³-hybridized carbons (Fsp3) is 0. The van der Waals surface area contributed by atoms with E-state index in [-0.39, 0.29) is 0 Å². The third kappa shape index (κ3) is 5.23. The number of benzene rings is 7. The molecule has 4 nitrogen and oxygen atoms in total. The van der Waals surface area contributed by atoms with Crippen LogP contribution in [-0.4, -0.2) is 19.1 Å². The highest BCUT2D eigenvalue weighted by atomic mass is 15.0. The van der Waals surface area contributed by atoms with Gasteiger partial charge in [0.2, 0.25) is 0 Å².